The molecular weight excluding hydrogens is 372 g/mol. The third-order valence-electron chi connectivity index (χ3n) is 4.32. The summed E-state index contributed by atoms with van der Waals surface area (Å²) in [6.45, 7) is 0.447. The van der Waals surface area contributed by atoms with Crippen LogP contribution in [0.15, 0.2) is 41.3 Å². The highest BCUT2D eigenvalue weighted by Crippen LogP contribution is 2.32. The highest BCUT2D eigenvalue weighted by Gasteiger charge is 2.34. The van der Waals surface area contributed by atoms with Gasteiger partial charge in [-0.15, -0.1) is 0 Å². The summed E-state index contributed by atoms with van der Waals surface area (Å²) in [6.07, 6.45) is 8.28. The third kappa shape index (κ3) is 4.56. The van der Waals surface area contributed by atoms with Crippen molar-refractivity contribution in [1.82, 2.24) is 10.2 Å². The molecule has 2 aliphatic rings. The fraction of sp³-hybridized carbons (Fsp3) is 0.316. The number of nitrogens with zero attached hydrogens (tertiary/aromatic N) is 1. The van der Waals surface area contributed by atoms with Gasteiger partial charge in [0.05, 0.1) is 4.91 Å². The van der Waals surface area contributed by atoms with Crippen LogP contribution in [0.25, 0.3) is 6.08 Å². The van der Waals surface area contributed by atoms with E-state index in [2.05, 4.69) is 11.4 Å². The van der Waals surface area contributed by atoms with Crippen LogP contribution in [0.3, 0.4) is 0 Å². The van der Waals surface area contributed by atoms with Gasteiger partial charge in [-0.05, 0) is 54.8 Å². The molecule has 1 saturated heterocycles. The molecular formula is C19H19ClN2O3S. The van der Waals surface area contributed by atoms with Crippen LogP contribution in [-0.2, 0) is 9.59 Å². The van der Waals surface area contributed by atoms with Crippen molar-refractivity contribution in [2.24, 2.45) is 5.92 Å². The van der Waals surface area contributed by atoms with E-state index >= 15 is 0 Å². The number of amides is 3. The Morgan fingerprint density at radius 3 is 2.73 bits per heavy atom. The number of hydrogen-bond acceptors (Lipinski definition) is 4. The average molecular weight is 391 g/mol. The molecule has 7 heteroatoms. The molecule has 26 heavy (non-hydrogen) atoms. The van der Waals surface area contributed by atoms with Gasteiger partial charge in [-0.1, -0.05) is 35.9 Å². The smallest absolute Gasteiger partial charge is 0.293 e. The lowest BCUT2D eigenvalue weighted by Gasteiger charge is -2.18. The molecule has 0 saturated carbocycles. The topological polar surface area (TPSA) is 66.5 Å². The number of allylic oxidation sites excluding steroid dienone is 2. The Balaban J connectivity index is 1.54. The summed E-state index contributed by atoms with van der Waals surface area (Å²) in [5.41, 5.74) is 0.804. The van der Waals surface area contributed by atoms with Gasteiger partial charge in [-0.25, -0.2) is 0 Å². The standard InChI is InChI=1S/C19H19ClN2O3S/c20-15-8-6-13(7-9-15)12-16-18(24)22(19(25)26-16)11-10-21-17(23)14-4-2-1-3-5-14/h1-2,6-9,12,14H,3-5,10-11H2,(H,21,23)/b16-12-. The maximum atomic E-state index is 12.4. The summed E-state index contributed by atoms with van der Waals surface area (Å²) < 4.78 is 0. The quantitative estimate of drug-likeness (QED) is 0.612. The van der Waals surface area contributed by atoms with Crippen molar-refractivity contribution in [3.05, 3.63) is 51.9 Å². The minimum absolute atomic E-state index is 0.0142. The molecule has 3 amide bonds. The van der Waals surface area contributed by atoms with E-state index in [1.807, 2.05) is 6.08 Å². The van der Waals surface area contributed by atoms with Crippen LogP contribution >= 0.6 is 23.4 Å². The lowest BCUT2D eigenvalue weighted by molar-refractivity contribution is -0.126. The van der Waals surface area contributed by atoms with Gasteiger partial charge in [0.25, 0.3) is 11.1 Å². The Hall–Kier alpha value is -2.05. The van der Waals surface area contributed by atoms with Gasteiger partial charge < -0.3 is 5.32 Å². The van der Waals surface area contributed by atoms with E-state index < -0.39 is 0 Å². The zero-order valence-electron chi connectivity index (χ0n) is 14.1. The van der Waals surface area contributed by atoms with Crippen LogP contribution in [0.4, 0.5) is 4.79 Å². The Morgan fingerprint density at radius 2 is 2.04 bits per heavy atom. The van der Waals surface area contributed by atoms with Crippen LogP contribution in [0.5, 0.6) is 0 Å². The third-order valence-corrected chi connectivity index (χ3v) is 5.48. The SMILES string of the molecule is O=C(NCCN1C(=O)S/C(=C\c2ccc(Cl)cc2)C1=O)C1CC=CCC1. The lowest BCUT2D eigenvalue weighted by atomic mass is 9.94. The number of halogens is 1. The summed E-state index contributed by atoms with van der Waals surface area (Å²) in [6, 6.07) is 7.03. The van der Waals surface area contributed by atoms with Crippen LogP contribution < -0.4 is 5.32 Å². The van der Waals surface area contributed by atoms with E-state index in [1.54, 1.807) is 30.3 Å². The molecule has 1 aliphatic carbocycles. The number of imide groups is 1. The molecule has 1 aromatic rings. The highest BCUT2D eigenvalue weighted by molar-refractivity contribution is 8.18. The zero-order valence-corrected chi connectivity index (χ0v) is 15.7. The first-order valence-electron chi connectivity index (χ1n) is 8.48. The molecule has 0 spiro atoms. The van der Waals surface area contributed by atoms with E-state index in [-0.39, 0.29) is 36.1 Å². The molecule has 3 rings (SSSR count). The molecule has 1 N–H and O–H groups in total. The molecule has 1 fully saturated rings. The Morgan fingerprint density at radius 1 is 1.27 bits per heavy atom. The summed E-state index contributed by atoms with van der Waals surface area (Å²) in [7, 11) is 0. The fourth-order valence-electron chi connectivity index (χ4n) is 2.87. The first-order chi connectivity index (χ1) is 12.5. The van der Waals surface area contributed by atoms with E-state index in [1.165, 1.54) is 4.90 Å². The second-order valence-corrected chi connectivity index (χ2v) is 7.59. The highest BCUT2D eigenvalue weighted by atomic mass is 35.5. The maximum Gasteiger partial charge on any atom is 0.293 e. The first-order valence-corrected chi connectivity index (χ1v) is 9.67. The molecule has 0 aromatic heterocycles. The van der Waals surface area contributed by atoms with Crippen LogP contribution in [0.2, 0.25) is 5.02 Å². The van der Waals surface area contributed by atoms with Crippen molar-refractivity contribution in [2.75, 3.05) is 13.1 Å². The predicted octanol–water partition coefficient (Wildman–Crippen LogP) is 3.85. The van der Waals surface area contributed by atoms with E-state index in [9.17, 15) is 14.4 Å². The van der Waals surface area contributed by atoms with Crippen molar-refractivity contribution in [3.8, 4) is 0 Å². The van der Waals surface area contributed by atoms with Gasteiger partial charge in [-0.3, -0.25) is 19.3 Å². The average Bonchev–Trinajstić information content (AvgIpc) is 2.91. The van der Waals surface area contributed by atoms with Crippen molar-refractivity contribution in [2.45, 2.75) is 19.3 Å². The lowest BCUT2D eigenvalue weighted by Crippen LogP contribution is -2.39. The number of hydrogen-bond donors (Lipinski definition) is 1. The molecule has 0 bridgehead atoms. The van der Waals surface area contributed by atoms with Crippen LogP contribution in [0, 0.1) is 5.92 Å². The summed E-state index contributed by atoms with van der Waals surface area (Å²) in [5.74, 6) is -0.359. The Kier molecular flexibility index (Phi) is 6.16. The van der Waals surface area contributed by atoms with Gasteiger partial charge in [0.1, 0.15) is 0 Å². The van der Waals surface area contributed by atoms with Gasteiger partial charge in [-0.2, -0.15) is 0 Å². The molecule has 1 unspecified atom stereocenters. The zero-order chi connectivity index (χ0) is 18.5. The van der Waals surface area contributed by atoms with Gasteiger partial charge in [0.2, 0.25) is 5.91 Å². The number of carbonyl (C=O) groups is 3. The monoisotopic (exact) mass is 390 g/mol. The first kappa shape index (κ1) is 18.7. The fourth-order valence-corrected chi connectivity index (χ4v) is 3.86. The second-order valence-electron chi connectivity index (χ2n) is 6.16. The molecule has 136 valence electrons. The summed E-state index contributed by atoms with van der Waals surface area (Å²) in [5, 5.41) is 3.12. The summed E-state index contributed by atoms with van der Waals surface area (Å²) in [4.78, 5) is 38.2. The number of benzene rings is 1. The van der Waals surface area contributed by atoms with Crippen molar-refractivity contribution in [3.63, 3.8) is 0 Å². The van der Waals surface area contributed by atoms with Gasteiger partial charge >= 0.3 is 0 Å². The second kappa shape index (κ2) is 8.56. The van der Waals surface area contributed by atoms with Crippen molar-refractivity contribution >= 4 is 46.5 Å². The van der Waals surface area contributed by atoms with E-state index in [0.717, 1.165) is 36.6 Å². The minimum atomic E-state index is -0.329. The Bertz CT molecular complexity index is 773. The molecule has 1 heterocycles. The normalized spacial score (nSPS) is 21.5. The molecule has 5 nitrogen and oxygen atoms in total. The number of rotatable bonds is 5. The largest absolute Gasteiger partial charge is 0.354 e. The van der Waals surface area contributed by atoms with Crippen LogP contribution in [0.1, 0.15) is 24.8 Å². The predicted molar refractivity (Wildman–Crippen MR) is 104 cm³/mol. The van der Waals surface area contributed by atoms with Crippen molar-refractivity contribution < 1.29 is 14.4 Å². The minimum Gasteiger partial charge on any atom is -0.354 e. The number of carbonyl (C=O) groups excluding carboxylic acids is 3. The van der Waals surface area contributed by atoms with Gasteiger partial charge in [0, 0.05) is 24.0 Å². The van der Waals surface area contributed by atoms with E-state index in [0.29, 0.717) is 9.93 Å². The molecule has 1 atom stereocenters. The Labute approximate surface area is 161 Å². The molecule has 1 aromatic carbocycles. The van der Waals surface area contributed by atoms with E-state index in [4.69, 9.17) is 11.6 Å². The van der Waals surface area contributed by atoms with Gasteiger partial charge in [0.15, 0.2) is 0 Å². The number of thioether (sulfide) groups is 1. The maximum absolute atomic E-state index is 12.4. The summed E-state index contributed by atoms with van der Waals surface area (Å²) >= 11 is 6.76. The molecule has 0 radical (unpaired) electrons. The van der Waals surface area contributed by atoms with Crippen molar-refractivity contribution in [1.29, 1.82) is 0 Å². The molecule has 1 aliphatic heterocycles. The number of nitrogens with one attached hydrogen (secondary N) is 1. The van der Waals surface area contributed by atoms with Crippen LogP contribution in [-0.4, -0.2) is 35.0 Å².